The zero-order chi connectivity index (χ0) is 19.6. The van der Waals surface area contributed by atoms with Crippen molar-refractivity contribution >= 4 is 5.91 Å². The van der Waals surface area contributed by atoms with Gasteiger partial charge < -0.3 is 15.5 Å². The van der Waals surface area contributed by atoms with E-state index in [4.69, 9.17) is 0 Å². The molecule has 4 rings (SSSR count). The van der Waals surface area contributed by atoms with E-state index in [1.807, 2.05) is 42.5 Å². The number of phenolic OH excluding ortho intramolecular Hbond substituents is 2. The lowest BCUT2D eigenvalue weighted by Crippen LogP contribution is -2.35. The van der Waals surface area contributed by atoms with Crippen molar-refractivity contribution in [3.05, 3.63) is 95.6 Å². The largest absolute Gasteiger partial charge is 0.508 e. The van der Waals surface area contributed by atoms with Gasteiger partial charge in [-0.1, -0.05) is 60.7 Å². The van der Waals surface area contributed by atoms with E-state index in [0.717, 1.165) is 24.0 Å². The van der Waals surface area contributed by atoms with Crippen LogP contribution in [0.15, 0.2) is 78.9 Å². The molecule has 28 heavy (non-hydrogen) atoms. The molecule has 0 heterocycles. The van der Waals surface area contributed by atoms with Gasteiger partial charge in [0, 0.05) is 17.9 Å². The highest BCUT2D eigenvalue weighted by Crippen LogP contribution is 2.46. The van der Waals surface area contributed by atoms with E-state index in [-0.39, 0.29) is 35.3 Å². The van der Waals surface area contributed by atoms with Crippen LogP contribution >= 0.6 is 0 Å². The fourth-order valence-electron chi connectivity index (χ4n) is 3.77. The average Bonchev–Trinajstić information content (AvgIpc) is 3.49. The highest BCUT2D eigenvalue weighted by Gasteiger charge is 2.45. The summed E-state index contributed by atoms with van der Waals surface area (Å²) in [5.41, 5.74) is 2.44. The van der Waals surface area contributed by atoms with Crippen molar-refractivity contribution in [2.24, 2.45) is 0 Å². The van der Waals surface area contributed by atoms with Crippen LogP contribution < -0.4 is 5.32 Å². The minimum Gasteiger partial charge on any atom is -0.508 e. The van der Waals surface area contributed by atoms with Gasteiger partial charge in [-0.2, -0.15) is 0 Å². The monoisotopic (exact) mass is 373 g/mol. The SMILES string of the molecule is O=C(CC(c1ccc(O)cc1)c1ccccc1O)NC1(c2ccccc2)CC1. The second kappa shape index (κ2) is 7.39. The van der Waals surface area contributed by atoms with E-state index in [9.17, 15) is 15.0 Å². The van der Waals surface area contributed by atoms with Crippen molar-refractivity contribution in [2.75, 3.05) is 0 Å². The molecule has 0 saturated heterocycles. The number of para-hydroxylation sites is 1. The summed E-state index contributed by atoms with van der Waals surface area (Å²) < 4.78 is 0. The van der Waals surface area contributed by atoms with Gasteiger partial charge in [0.15, 0.2) is 0 Å². The van der Waals surface area contributed by atoms with Crippen molar-refractivity contribution < 1.29 is 15.0 Å². The maximum atomic E-state index is 13.0. The van der Waals surface area contributed by atoms with E-state index in [2.05, 4.69) is 5.32 Å². The van der Waals surface area contributed by atoms with Gasteiger partial charge in [-0.3, -0.25) is 4.79 Å². The summed E-state index contributed by atoms with van der Waals surface area (Å²) in [5.74, 6) is -0.0149. The molecule has 3 aromatic carbocycles. The maximum Gasteiger partial charge on any atom is 0.221 e. The van der Waals surface area contributed by atoms with E-state index in [0.29, 0.717) is 5.56 Å². The van der Waals surface area contributed by atoms with Crippen LogP contribution in [0.5, 0.6) is 11.5 Å². The third kappa shape index (κ3) is 3.72. The molecule has 1 atom stereocenters. The molecular weight excluding hydrogens is 350 g/mol. The predicted octanol–water partition coefficient (Wildman–Crippen LogP) is 4.43. The molecule has 0 spiro atoms. The number of aromatic hydroxyl groups is 2. The first-order valence-electron chi connectivity index (χ1n) is 9.51. The van der Waals surface area contributed by atoms with E-state index in [1.165, 1.54) is 0 Å². The van der Waals surface area contributed by atoms with Crippen molar-refractivity contribution in [2.45, 2.75) is 30.7 Å². The molecular formula is C24H23NO3. The Labute approximate surface area is 164 Å². The van der Waals surface area contributed by atoms with Gasteiger partial charge in [0.2, 0.25) is 5.91 Å². The van der Waals surface area contributed by atoms with Crippen LogP contribution in [0.25, 0.3) is 0 Å². The number of hydrogen-bond donors (Lipinski definition) is 3. The second-order valence-corrected chi connectivity index (χ2v) is 7.40. The number of nitrogens with one attached hydrogen (secondary N) is 1. The summed E-state index contributed by atoms with van der Waals surface area (Å²) in [5, 5.41) is 23.2. The fraction of sp³-hybridized carbons (Fsp3) is 0.208. The molecule has 1 amide bonds. The third-order valence-electron chi connectivity index (χ3n) is 5.45. The van der Waals surface area contributed by atoms with Gasteiger partial charge in [-0.15, -0.1) is 0 Å². The van der Waals surface area contributed by atoms with Gasteiger partial charge in [0.05, 0.1) is 5.54 Å². The highest BCUT2D eigenvalue weighted by molar-refractivity contribution is 5.79. The van der Waals surface area contributed by atoms with E-state index < -0.39 is 0 Å². The first-order chi connectivity index (χ1) is 13.6. The zero-order valence-corrected chi connectivity index (χ0v) is 15.5. The van der Waals surface area contributed by atoms with Crippen molar-refractivity contribution in [3.8, 4) is 11.5 Å². The topological polar surface area (TPSA) is 69.6 Å². The standard InChI is InChI=1S/C24H23NO3/c26-19-12-10-17(11-13-19)21(20-8-4-5-9-22(20)27)16-23(28)25-24(14-15-24)18-6-2-1-3-7-18/h1-13,21,26-27H,14-16H2,(H,25,28). The van der Waals surface area contributed by atoms with Crippen LogP contribution in [0.3, 0.4) is 0 Å². The predicted molar refractivity (Wildman–Crippen MR) is 108 cm³/mol. The molecule has 3 aromatic rings. The number of rotatable bonds is 6. The molecule has 1 fully saturated rings. The highest BCUT2D eigenvalue weighted by atomic mass is 16.3. The number of amides is 1. The molecule has 4 heteroatoms. The lowest BCUT2D eigenvalue weighted by molar-refractivity contribution is -0.122. The van der Waals surface area contributed by atoms with Crippen molar-refractivity contribution in [3.63, 3.8) is 0 Å². The Bertz CT molecular complexity index is 963. The van der Waals surface area contributed by atoms with Crippen LogP contribution in [0.2, 0.25) is 0 Å². The quantitative estimate of drug-likeness (QED) is 0.599. The number of hydrogen-bond acceptors (Lipinski definition) is 3. The number of benzene rings is 3. The number of carbonyl (C=O) groups excluding carboxylic acids is 1. The summed E-state index contributed by atoms with van der Waals surface area (Å²) in [6.45, 7) is 0. The average molecular weight is 373 g/mol. The Morgan fingerprint density at radius 1 is 0.893 bits per heavy atom. The van der Waals surface area contributed by atoms with Crippen LogP contribution in [0, 0.1) is 0 Å². The molecule has 0 aromatic heterocycles. The fourth-order valence-corrected chi connectivity index (χ4v) is 3.77. The Kier molecular flexibility index (Phi) is 4.78. The summed E-state index contributed by atoms with van der Waals surface area (Å²) in [6.07, 6.45) is 2.09. The van der Waals surface area contributed by atoms with Crippen molar-refractivity contribution in [1.82, 2.24) is 5.32 Å². The van der Waals surface area contributed by atoms with Gasteiger partial charge >= 0.3 is 0 Å². The first-order valence-corrected chi connectivity index (χ1v) is 9.51. The lowest BCUT2D eigenvalue weighted by atomic mass is 9.87. The van der Waals surface area contributed by atoms with E-state index >= 15 is 0 Å². The Morgan fingerprint density at radius 3 is 2.18 bits per heavy atom. The molecule has 142 valence electrons. The lowest BCUT2D eigenvalue weighted by Gasteiger charge is -2.22. The van der Waals surface area contributed by atoms with Crippen LogP contribution in [0.1, 0.15) is 41.9 Å². The molecule has 1 saturated carbocycles. The van der Waals surface area contributed by atoms with Crippen LogP contribution in [-0.4, -0.2) is 16.1 Å². The van der Waals surface area contributed by atoms with Gasteiger partial charge in [0.1, 0.15) is 11.5 Å². The minimum atomic E-state index is -0.298. The molecule has 3 N–H and O–H groups in total. The normalized spacial score (nSPS) is 15.6. The Balaban J connectivity index is 1.58. The van der Waals surface area contributed by atoms with Gasteiger partial charge in [-0.05, 0) is 42.2 Å². The van der Waals surface area contributed by atoms with Crippen molar-refractivity contribution in [1.29, 1.82) is 0 Å². The molecule has 1 aliphatic carbocycles. The molecule has 1 aliphatic rings. The molecule has 1 unspecified atom stereocenters. The molecule has 0 radical (unpaired) electrons. The molecule has 4 nitrogen and oxygen atoms in total. The molecule has 0 bridgehead atoms. The van der Waals surface area contributed by atoms with Crippen LogP contribution in [-0.2, 0) is 10.3 Å². The first kappa shape index (κ1) is 18.1. The zero-order valence-electron chi connectivity index (χ0n) is 15.5. The third-order valence-corrected chi connectivity index (χ3v) is 5.45. The number of carbonyl (C=O) groups is 1. The minimum absolute atomic E-state index is 0.0531. The Morgan fingerprint density at radius 2 is 1.54 bits per heavy atom. The van der Waals surface area contributed by atoms with Gasteiger partial charge in [0.25, 0.3) is 0 Å². The smallest absolute Gasteiger partial charge is 0.221 e. The van der Waals surface area contributed by atoms with E-state index in [1.54, 1.807) is 36.4 Å². The summed E-state index contributed by atoms with van der Waals surface area (Å²) in [7, 11) is 0. The van der Waals surface area contributed by atoms with Crippen LogP contribution in [0.4, 0.5) is 0 Å². The summed E-state index contributed by atoms with van der Waals surface area (Å²) in [6, 6.07) is 23.9. The number of phenols is 2. The Hall–Kier alpha value is -3.27. The second-order valence-electron chi connectivity index (χ2n) is 7.40. The summed E-state index contributed by atoms with van der Waals surface area (Å²) in [4.78, 5) is 13.0. The van der Waals surface area contributed by atoms with Gasteiger partial charge in [-0.25, -0.2) is 0 Å². The molecule has 0 aliphatic heterocycles. The summed E-state index contributed by atoms with van der Waals surface area (Å²) >= 11 is 0. The maximum absolute atomic E-state index is 13.0.